The van der Waals surface area contributed by atoms with Crippen molar-refractivity contribution in [3.63, 3.8) is 0 Å². The van der Waals surface area contributed by atoms with E-state index in [2.05, 4.69) is 18.7 Å². The highest BCUT2D eigenvalue weighted by Gasteiger charge is 2.20. The number of ether oxygens (including phenoxy) is 1. The standard InChI is InChI=1S/C13H27NO/c1-3-14(4-2)11-9-7-5-6-8-10-13-12-15-13/h13H,3-12H2,1-2H3. The molecule has 1 rings (SSSR count). The average Bonchev–Trinajstić information content (AvgIpc) is 3.06. The van der Waals surface area contributed by atoms with Crippen molar-refractivity contribution in [2.24, 2.45) is 0 Å². The Morgan fingerprint density at radius 2 is 1.60 bits per heavy atom. The molecule has 1 heterocycles. The number of epoxide rings is 1. The van der Waals surface area contributed by atoms with Crippen LogP contribution in [0.5, 0.6) is 0 Å². The first kappa shape index (κ1) is 13.0. The molecule has 0 aromatic rings. The van der Waals surface area contributed by atoms with Gasteiger partial charge in [0.05, 0.1) is 12.7 Å². The maximum Gasteiger partial charge on any atom is 0.0810 e. The van der Waals surface area contributed by atoms with Gasteiger partial charge >= 0.3 is 0 Å². The third-order valence-corrected chi connectivity index (χ3v) is 3.30. The van der Waals surface area contributed by atoms with Crippen LogP contribution >= 0.6 is 0 Å². The molecular weight excluding hydrogens is 186 g/mol. The number of unbranched alkanes of at least 4 members (excludes halogenated alkanes) is 4. The molecule has 0 amide bonds. The molecule has 2 nitrogen and oxygen atoms in total. The van der Waals surface area contributed by atoms with E-state index in [1.165, 1.54) is 58.2 Å². The van der Waals surface area contributed by atoms with Crippen molar-refractivity contribution >= 4 is 0 Å². The van der Waals surface area contributed by atoms with Crippen molar-refractivity contribution in [2.75, 3.05) is 26.2 Å². The minimum Gasteiger partial charge on any atom is -0.373 e. The normalized spacial score (nSPS) is 19.8. The molecule has 2 heteroatoms. The van der Waals surface area contributed by atoms with Crippen molar-refractivity contribution in [1.29, 1.82) is 0 Å². The molecule has 0 spiro atoms. The van der Waals surface area contributed by atoms with E-state index in [0.717, 1.165) is 6.61 Å². The summed E-state index contributed by atoms with van der Waals surface area (Å²) in [4.78, 5) is 2.51. The third-order valence-electron chi connectivity index (χ3n) is 3.30. The zero-order valence-electron chi connectivity index (χ0n) is 10.5. The Hall–Kier alpha value is -0.0800. The van der Waals surface area contributed by atoms with Crippen LogP contribution in [0.2, 0.25) is 0 Å². The molecule has 0 bridgehead atoms. The van der Waals surface area contributed by atoms with Gasteiger partial charge in [-0.25, -0.2) is 0 Å². The first-order valence-corrected chi connectivity index (χ1v) is 6.70. The highest BCUT2D eigenvalue weighted by atomic mass is 16.6. The fourth-order valence-corrected chi connectivity index (χ4v) is 2.01. The van der Waals surface area contributed by atoms with Gasteiger partial charge in [-0.1, -0.05) is 39.5 Å². The fourth-order valence-electron chi connectivity index (χ4n) is 2.01. The Morgan fingerprint density at radius 3 is 2.20 bits per heavy atom. The Balaban J connectivity index is 1.75. The summed E-state index contributed by atoms with van der Waals surface area (Å²) in [6.07, 6.45) is 8.91. The summed E-state index contributed by atoms with van der Waals surface area (Å²) in [6, 6.07) is 0. The predicted octanol–water partition coefficient (Wildman–Crippen LogP) is 3.07. The molecule has 0 aromatic heterocycles. The van der Waals surface area contributed by atoms with E-state index in [0.29, 0.717) is 6.10 Å². The lowest BCUT2D eigenvalue weighted by molar-refractivity contribution is 0.295. The molecule has 0 N–H and O–H groups in total. The second-order valence-corrected chi connectivity index (χ2v) is 4.54. The Labute approximate surface area is 95.0 Å². The molecule has 1 aliphatic heterocycles. The third kappa shape index (κ3) is 6.91. The summed E-state index contributed by atoms with van der Waals surface area (Å²) >= 11 is 0. The van der Waals surface area contributed by atoms with Crippen LogP contribution in [-0.2, 0) is 4.74 Å². The van der Waals surface area contributed by atoms with Crippen LogP contribution in [0.4, 0.5) is 0 Å². The minimum atomic E-state index is 0.640. The largest absolute Gasteiger partial charge is 0.373 e. The monoisotopic (exact) mass is 213 g/mol. The van der Waals surface area contributed by atoms with E-state index in [9.17, 15) is 0 Å². The molecule has 0 aromatic carbocycles. The molecule has 1 unspecified atom stereocenters. The zero-order valence-corrected chi connectivity index (χ0v) is 10.5. The molecule has 0 radical (unpaired) electrons. The van der Waals surface area contributed by atoms with E-state index in [1.807, 2.05) is 0 Å². The number of rotatable bonds is 10. The van der Waals surface area contributed by atoms with Gasteiger partial charge in [0.1, 0.15) is 0 Å². The molecule has 1 fully saturated rings. The summed E-state index contributed by atoms with van der Waals surface area (Å²) in [5.74, 6) is 0. The van der Waals surface area contributed by atoms with Gasteiger partial charge in [-0.2, -0.15) is 0 Å². The van der Waals surface area contributed by atoms with Crippen LogP contribution < -0.4 is 0 Å². The van der Waals surface area contributed by atoms with Crippen molar-refractivity contribution < 1.29 is 4.74 Å². The van der Waals surface area contributed by atoms with E-state index in [-0.39, 0.29) is 0 Å². The number of hydrogen-bond donors (Lipinski definition) is 0. The van der Waals surface area contributed by atoms with Crippen molar-refractivity contribution in [2.45, 2.75) is 58.5 Å². The summed E-state index contributed by atoms with van der Waals surface area (Å²) < 4.78 is 5.19. The van der Waals surface area contributed by atoms with E-state index in [1.54, 1.807) is 0 Å². The lowest BCUT2D eigenvalue weighted by Gasteiger charge is -2.17. The molecule has 0 aliphatic carbocycles. The van der Waals surface area contributed by atoms with Crippen molar-refractivity contribution in [1.82, 2.24) is 4.90 Å². The minimum absolute atomic E-state index is 0.640. The number of nitrogens with zero attached hydrogens (tertiary/aromatic N) is 1. The van der Waals surface area contributed by atoms with Gasteiger partial charge in [-0.05, 0) is 32.5 Å². The first-order chi connectivity index (χ1) is 7.36. The summed E-state index contributed by atoms with van der Waals surface area (Å²) in [5, 5.41) is 0. The second-order valence-electron chi connectivity index (χ2n) is 4.54. The van der Waals surface area contributed by atoms with Crippen LogP contribution in [0.25, 0.3) is 0 Å². The molecule has 15 heavy (non-hydrogen) atoms. The Bertz CT molecular complexity index is 141. The molecule has 90 valence electrons. The lowest BCUT2D eigenvalue weighted by atomic mass is 10.1. The lowest BCUT2D eigenvalue weighted by Crippen LogP contribution is -2.23. The van der Waals surface area contributed by atoms with Gasteiger partial charge in [0, 0.05) is 0 Å². The Morgan fingerprint density at radius 1 is 1.00 bits per heavy atom. The SMILES string of the molecule is CCN(CC)CCCCCCCC1CO1. The van der Waals surface area contributed by atoms with Gasteiger partial charge in [-0.3, -0.25) is 0 Å². The van der Waals surface area contributed by atoms with Crippen LogP contribution in [0.15, 0.2) is 0 Å². The highest BCUT2D eigenvalue weighted by Crippen LogP contribution is 2.17. The van der Waals surface area contributed by atoms with Gasteiger partial charge in [-0.15, -0.1) is 0 Å². The summed E-state index contributed by atoms with van der Waals surface area (Å²) in [6.45, 7) is 9.23. The maximum absolute atomic E-state index is 5.19. The van der Waals surface area contributed by atoms with Crippen LogP contribution in [-0.4, -0.2) is 37.2 Å². The van der Waals surface area contributed by atoms with Crippen LogP contribution in [0, 0.1) is 0 Å². The summed E-state index contributed by atoms with van der Waals surface area (Å²) in [5.41, 5.74) is 0. The number of hydrogen-bond acceptors (Lipinski definition) is 2. The smallest absolute Gasteiger partial charge is 0.0810 e. The van der Waals surface area contributed by atoms with Gasteiger partial charge in [0.2, 0.25) is 0 Å². The molecule has 1 atom stereocenters. The molecule has 1 aliphatic rings. The topological polar surface area (TPSA) is 15.8 Å². The van der Waals surface area contributed by atoms with Gasteiger partial charge < -0.3 is 9.64 Å². The molecule has 0 saturated carbocycles. The fraction of sp³-hybridized carbons (Fsp3) is 1.00. The second kappa shape index (κ2) is 8.12. The quantitative estimate of drug-likeness (QED) is 0.409. The summed E-state index contributed by atoms with van der Waals surface area (Å²) in [7, 11) is 0. The van der Waals surface area contributed by atoms with Crippen LogP contribution in [0.3, 0.4) is 0 Å². The molecular formula is C13H27NO. The first-order valence-electron chi connectivity index (χ1n) is 6.70. The van der Waals surface area contributed by atoms with Crippen LogP contribution in [0.1, 0.15) is 52.4 Å². The van der Waals surface area contributed by atoms with Crippen molar-refractivity contribution in [3.8, 4) is 0 Å². The van der Waals surface area contributed by atoms with Crippen molar-refractivity contribution in [3.05, 3.63) is 0 Å². The predicted molar refractivity (Wildman–Crippen MR) is 65.2 cm³/mol. The highest BCUT2D eigenvalue weighted by molar-refractivity contribution is 4.68. The van der Waals surface area contributed by atoms with E-state index < -0.39 is 0 Å². The van der Waals surface area contributed by atoms with E-state index in [4.69, 9.17) is 4.74 Å². The average molecular weight is 213 g/mol. The molecule has 1 saturated heterocycles. The van der Waals surface area contributed by atoms with Gasteiger partial charge in [0.25, 0.3) is 0 Å². The van der Waals surface area contributed by atoms with Gasteiger partial charge in [0.15, 0.2) is 0 Å². The van der Waals surface area contributed by atoms with E-state index >= 15 is 0 Å². The maximum atomic E-state index is 5.19. The Kier molecular flexibility index (Phi) is 7.03. The zero-order chi connectivity index (χ0) is 10.9.